The highest BCUT2D eigenvalue weighted by atomic mass is 16.4. The molecule has 5 nitrogen and oxygen atoms in total. The standard InChI is InChI=1S/C17H19N3O2/c21-17(22)16(14-4-5-18-8-14)7-12-2-1-3-13(6-12)15-9-19-11-20-10-15/h1-3,6,9-11,14,16,18H,4-5,7-8H2,(H,21,22)/t14-,16?/m0/s1. The quantitative estimate of drug-likeness (QED) is 0.883. The van der Waals surface area contributed by atoms with E-state index in [1.165, 1.54) is 6.33 Å². The Bertz CT molecular complexity index is 639. The van der Waals surface area contributed by atoms with Gasteiger partial charge in [-0.2, -0.15) is 0 Å². The molecule has 3 rings (SSSR count). The molecule has 114 valence electrons. The normalized spacial score (nSPS) is 19.0. The number of nitrogens with zero attached hydrogens (tertiary/aromatic N) is 2. The van der Waals surface area contributed by atoms with Crippen LogP contribution in [-0.4, -0.2) is 34.1 Å². The number of aromatic nitrogens is 2. The summed E-state index contributed by atoms with van der Waals surface area (Å²) in [4.78, 5) is 19.7. The lowest BCUT2D eigenvalue weighted by Gasteiger charge is -2.19. The number of benzene rings is 1. The second-order valence-corrected chi connectivity index (χ2v) is 5.73. The highest BCUT2D eigenvalue weighted by molar-refractivity contribution is 5.71. The van der Waals surface area contributed by atoms with Gasteiger partial charge in [-0.1, -0.05) is 24.3 Å². The van der Waals surface area contributed by atoms with E-state index in [0.29, 0.717) is 6.42 Å². The van der Waals surface area contributed by atoms with Crippen molar-refractivity contribution in [3.8, 4) is 11.1 Å². The molecule has 0 aliphatic carbocycles. The molecule has 1 unspecified atom stereocenters. The minimum absolute atomic E-state index is 0.209. The molecule has 0 saturated carbocycles. The van der Waals surface area contributed by atoms with Crippen LogP contribution in [0.3, 0.4) is 0 Å². The van der Waals surface area contributed by atoms with Gasteiger partial charge in [-0.15, -0.1) is 0 Å². The number of carboxylic acid groups (broad SMARTS) is 1. The first-order valence-corrected chi connectivity index (χ1v) is 7.52. The molecule has 0 spiro atoms. The van der Waals surface area contributed by atoms with Gasteiger partial charge in [-0.25, -0.2) is 9.97 Å². The van der Waals surface area contributed by atoms with Crippen LogP contribution in [0.15, 0.2) is 43.0 Å². The molecule has 1 aromatic heterocycles. The second kappa shape index (κ2) is 6.66. The van der Waals surface area contributed by atoms with Crippen LogP contribution < -0.4 is 5.32 Å². The molecule has 2 N–H and O–H groups in total. The summed E-state index contributed by atoms with van der Waals surface area (Å²) in [5.74, 6) is -0.833. The number of nitrogens with one attached hydrogen (secondary N) is 1. The first-order chi connectivity index (χ1) is 10.7. The molecule has 2 aromatic rings. The second-order valence-electron chi connectivity index (χ2n) is 5.73. The van der Waals surface area contributed by atoms with Gasteiger partial charge in [0.05, 0.1) is 5.92 Å². The summed E-state index contributed by atoms with van der Waals surface area (Å²) in [6.45, 7) is 1.71. The van der Waals surface area contributed by atoms with Gasteiger partial charge in [0.25, 0.3) is 0 Å². The van der Waals surface area contributed by atoms with Gasteiger partial charge >= 0.3 is 5.97 Å². The van der Waals surface area contributed by atoms with E-state index in [4.69, 9.17) is 0 Å². The summed E-state index contributed by atoms with van der Waals surface area (Å²) >= 11 is 0. The molecule has 22 heavy (non-hydrogen) atoms. The molecule has 0 bridgehead atoms. The first kappa shape index (κ1) is 14.7. The van der Waals surface area contributed by atoms with Crippen molar-refractivity contribution in [3.63, 3.8) is 0 Å². The average molecular weight is 297 g/mol. The van der Waals surface area contributed by atoms with Gasteiger partial charge < -0.3 is 10.4 Å². The van der Waals surface area contributed by atoms with Crippen LogP contribution >= 0.6 is 0 Å². The minimum atomic E-state index is -0.706. The lowest BCUT2D eigenvalue weighted by molar-refractivity contribution is -0.143. The van der Waals surface area contributed by atoms with Crippen LogP contribution in [0.1, 0.15) is 12.0 Å². The molecule has 1 aliphatic heterocycles. The monoisotopic (exact) mass is 297 g/mol. The van der Waals surface area contributed by atoms with Gasteiger partial charge in [0, 0.05) is 18.0 Å². The van der Waals surface area contributed by atoms with Crippen molar-refractivity contribution in [2.45, 2.75) is 12.8 Å². The fourth-order valence-electron chi connectivity index (χ4n) is 3.06. The van der Waals surface area contributed by atoms with Crippen molar-refractivity contribution < 1.29 is 9.90 Å². The van der Waals surface area contributed by atoms with Crippen molar-refractivity contribution in [2.75, 3.05) is 13.1 Å². The minimum Gasteiger partial charge on any atom is -0.481 e. The number of aliphatic carboxylic acids is 1. The van der Waals surface area contributed by atoms with E-state index in [-0.39, 0.29) is 11.8 Å². The van der Waals surface area contributed by atoms with Crippen LogP contribution in [-0.2, 0) is 11.2 Å². The Morgan fingerprint density at radius 2 is 2.14 bits per heavy atom. The van der Waals surface area contributed by atoms with E-state index < -0.39 is 5.97 Å². The Hall–Kier alpha value is -2.27. The summed E-state index contributed by atoms with van der Waals surface area (Å²) in [6, 6.07) is 7.99. The van der Waals surface area contributed by atoms with E-state index in [1.807, 2.05) is 24.3 Å². The fourth-order valence-corrected chi connectivity index (χ4v) is 3.06. The third-order valence-corrected chi connectivity index (χ3v) is 4.26. The topological polar surface area (TPSA) is 75.1 Å². The molecule has 2 atom stereocenters. The zero-order valence-corrected chi connectivity index (χ0v) is 12.3. The van der Waals surface area contributed by atoms with Crippen molar-refractivity contribution in [2.24, 2.45) is 11.8 Å². The molecular weight excluding hydrogens is 278 g/mol. The Balaban J connectivity index is 1.81. The van der Waals surface area contributed by atoms with Crippen molar-refractivity contribution in [3.05, 3.63) is 48.5 Å². The third kappa shape index (κ3) is 3.31. The van der Waals surface area contributed by atoms with E-state index in [2.05, 4.69) is 15.3 Å². The maximum absolute atomic E-state index is 11.6. The number of rotatable bonds is 5. The average Bonchev–Trinajstić information content (AvgIpc) is 3.07. The molecule has 0 amide bonds. The SMILES string of the molecule is O=C(O)C(Cc1cccc(-c2cncnc2)c1)[C@H]1CCNC1. The summed E-state index contributed by atoms with van der Waals surface area (Å²) in [5, 5.41) is 12.8. The molecule has 1 saturated heterocycles. The predicted octanol–water partition coefficient (Wildman–Crippen LogP) is 2.00. The Morgan fingerprint density at radius 1 is 1.32 bits per heavy atom. The Kier molecular flexibility index (Phi) is 4.44. The Morgan fingerprint density at radius 3 is 2.82 bits per heavy atom. The summed E-state index contributed by atoms with van der Waals surface area (Å²) in [6.07, 6.45) is 6.52. The fraction of sp³-hybridized carbons (Fsp3) is 0.353. The number of hydrogen-bond donors (Lipinski definition) is 2. The van der Waals surface area contributed by atoms with Crippen molar-refractivity contribution in [1.29, 1.82) is 0 Å². The molecule has 1 aliphatic rings. The summed E-state index contributed by atoms with van der Waals surface area (Å²) in [5.41, 5.74) is 3.01. The number of carboxylic acids is 1. The molecular formula is C17H19N3O2. The van der Waals surface area contributed by atoms with Crippen molar-refractivity contribution in [1.82, 2.24) is 15.3 Å². The van der Waals surface area contributed by atoms with Crippen LogP contribution in [0, 0.1) is 11.8 Å². The maximum atomic E-state index is 11.6. The molecule has 2 heterocycles. The van der Waals surface area contributed by atoms with Crippen LogP contribution in [0.4, 0.5) is 0 Å². The molecule has 1 fully saturated rings. The summed E-state index contributed by atoms with van der Waals surface area (Å²) in [7, 11) is 0. The third-order valence-electron chi connectivity index (χ3n) is 4.26. The highest BCUT2D eigenvalue weighted by Crippen LogP contribution is 2.26. The van der Waals surface area contributed by atoms with Gasteiger partial charge in [-0.05, 0) is 43.0 Å². The molecule has 1 aromatic carbocycles. The molecule has 5 heteroatoms. The van der Waals surface area contributed by atoms with E-state index >= 15 is 0 Å². The smallest absolute Gasteiger partial charge is 0.307 e. The van der Waals surface area contributed by atoms with Crippen LogP contribution in [0.5, 0.6) is 0 Å². The number of hydrogen-bond acceptors (Lipinski definition) is 4. The first-order valence-electron chi connectivity index (χ1n) is 7.52. The van der Waals surface area contributed by atoms with E-state index in [9.17, 15) is 9.90 Å². The maximum Gasteiger partial charge on any atom is 0.307 e. The van der Waals surface area contributed by atoms with Gasteiger partial charge in [0.2, 0.25) is 0 Å². The van der Waals surface area contributed by atoms with Crippen LogP contribution in [0.2, 0.25) is 0 Å². The van der Waals surface area contributed by atoms with Gasteiger partial charge in [-0.3, -0.25) is 4.79 Å². The molecule has 0 radical (unpaired) electrons. The Labute approximate surface area is 129 Å². The predicted molar refractivity (Wildman–Crippen MR) is 83.3 cm³/mol. The lowest BCUT2D eigenvalue weighted by Crippen LogP contribution is -2.27. The number of carbonyl (C=O) groups is 1. The van der Waals surface area contributed by atoms with E-state index in [0.717, 1.165) is 36.2 Å². The summed E-state index contributed by atoms with van der Waals surface area (Å²) < 4.78 is 0. The largest absolute Gasteiger partial charge is 0.481 e. The zero-order chi connectivity index (χ0) is 15.4. The van der Waals surface area contributed by atoms with Crippen molar-refractivity contribution >= 4 is 5.97 Å². The van der Waals surface area contributed by atoms with Gasteiger partial charge in [0.15, 0.2) is 0 Å². The highest BCUT2D eigenvalue weighted by Gasteiger charge is 2.30. The van der Waals surface area contributed by atoms with E-state index in [1.54, 1.807) is 12.4 Å². The zero-order valence-electron chi connectivity index (χ0n) is 12.3. The lowest BCUT2D eigenvalue weighted by atomic mass is 9.85. The van der Waals surface area contributed by atoms with Gasteiger partial charge in [0.1, 0.15) is 6.33 Å². The van der Waals surface area contributed by atoms with Crippen LogP contribution in [0.25, 0.3) is 11.1 Å².